The van der Waals surface area contributed by atoms with Gasteiger partial charge < -0.3 is 9.47 Å². The highest BCUT2D eigenvalue weighted by Gasteiger charge is 2.43. The van der Waals surface area contributed by atoms with Crippen molar-refractivity contribution >= 4 is 6.08 Å². The standard InChI is InChI=1S/C17H21F3O2/c1-3-5-6-7-8-13-11-12-9-10-14(21-4-2)16(18)15(12)17(19,20)22-13/h9-11H,3-8H2,1-2H3. The third kappa shape index (κ3) is 3.57. The molecule has 122 valence electrons. The molecule has 0 spiro atoms. The zero-order chi connectivity index (χ0) is 16.2. The van der Waals surface area contributed by atoms with Crippen molar-refractivity contribution in [2.75, 3.05) is 6.61 Å². The molecule has 0 saturated heterocycles. The average molecular weight is 314 g/mol. The molecule has 0 unspecified atom stereocenters. The Bertz CT molecular complexity index is 553. The van der Waals surface area contributed by atoms with E-state index in [1.807, 2.05) is 0 Å². The van der Waals surface area contributed by atoms with Crippen LogP contribution in [0.5, 0.6) is 5.75 Å². The number of hydrogen-bond acceptors (Lipinski definition) is 2. The van der Waals surface area contributed by atoms with Crippen LogP contribution in [0.3, 0.4) is 0 Å². The van der Waals surface area contributed by atoms with Crippen LogP contribution in [0.1, 0.15) is 57.1 Å². The second-order valence-electron chi connectivity index (χ2n) is 5.32. The normalized spacial score (nSPS) is 15.8. The number of rotatable bonds is 7. The molecule has 1 aliphatic heterocycles. The summed E-state index contributed by atoms with van der Waals surface area (Å²) >= 11 is 0. The minimum Gasteiger partial charge on any atom is -0.491 e. The van der Waals surface area contributed by atoms with E-state index in [2.05, 4.69) is 6.92 Å². The number of hydrogen-bond donors (Lipinski definition) is 0. The molecule has 0 aliphatic carbocycles. The van der Waals surface area contributed by atoms with Gasteiger partial charge in [0.1, 0.15) is 11.3 Å². The summed E-state index contributed by atoms with van der Waals surface area (Å²) in [6.07, 6.45) is 2.15. The fourth-order valence-electron chi connectivity index (χ4n) is 2.52. The molecule has 1 aromatic carbocycles. The maximum Gasteiger partial charge on any atom is 0.430 e. The lowest BCUT2D eigenvalue weighted by Crippen LogP contribution is -2.24. The molecule has 1 aliphatic rings. The van der Waals surface area contributed by atoms with Crippen LogP contribution in [-0.2, 0) is 10.8 Å². The maximum atomic E-state index is 14.2. The van der Waals surface area contributed by atoms with Crippen LogP contribution in [0.2, 0.25) is 0 Å². The Morgan fingerprint density at radius 3 is 2.59 bits per heavy atom. The van der Waals surface area contributed by atoms with Gasteiger partial charge in [-0.05, 0) is 31.1 Å². The van der Waals surface area contributed by atoms with E-state index >= 15 is 0 Å². The van der Waals surface area contributed by atoms with E-state index < -0.39 is 17.5 Å². The van der Waals surface area contributed by atoms with E-state index in [0.717, 1.165) is 25.7 Å². The van der Waals surface area contributed by atoms with Gasteiger partial charge in [-0.15, -0.1) is 0 Å². The maximum absolute atomic E-state index is 14.2. The van der Waals surface area contributed by atoms with Crippen molar-refractivity contribution in [1.29, 1.82) is 0 Å². The topological polar surface area (TPSA) is 18.5 Å². The number of ether oxygens (including phenoxy) is 2. The number of fused-ring (bicyclic) bond motifs is 1. The zero-order valence-electron chi connectivity index (χ0n) is 12.9. The van der Waals surface area contributed by atoms with Gasteiger partial charge in [0.15, 0.2) is 11.6 Å². The van der Waals surface area contributed by atoms with E-state index in [1.54, 1.807) is 6.92 Å². The van der Waals surface area contributed by atoms with Gasteiger partial charge in [-0.2, -0.15) is 8.78 Å². The van der Waals surface area contributed by atoms with E-state index in [0.29, 0.717) is 6.42 Å². The Kier molecular flexibility index (Phi) is 5.37. The van der Waals surface area contributed by atoms with Gasteiger partial charge in [0.25, 0.3) is 0 Å². The van der Waals surface area contributed by atoms with Crippen LogP contribution in [0.15, 0.2) is 17.9 Å². The third-order valence-corrected chi connectivity index (χ3v) is 3.58. The van der Waals surface area contributed by atoms with Gasteiger partial charge in [0.05, 0.1) is 6.61 Å². The quantitative estimate of drug-likeness (QED) is 0.609. The van der Waals surface area contributed by atoms with E-state index in [9.17, 15) is 13.2 Å². The van der Waals surface area contributed by atoms with Crippen LogP contribution in [0.4, 0.5) is 13.2 Å². The number of allylic oxidation sites excluding steroid dienone is 1. The molecular weight excluding hydrogens is 293 g/mol. The molecule has 5 heteroatoms. The van der Waals surface area contributed by atoms with Crippen molar-refractivity contribution in [3.05, 3.63) is 34.8 Å². The van der Waals surface area contributed by atoms with Crippen molar-refractivity contribution in [1.82, 2.24) is 0 Å². The van der Waals surface area contributed by atoms with Crippen molar-refractivity contribution in [3.8, 4) is 5.75 Å². The molecule has 0 N–H and O–H groups in total. The summed E-state index contributed by atoms with van der Waals surface area (Å²) in [4.78, 5) is 0. The number of alkyl halides is 2. The van der Waals surface area contributed by atoms with Gasteiger partial charge in [-0.25, -0.2) is 4.39 Å². The van der Waals surface area contributed by atoms with E-state index in [4.69, 9.17) is 9.47 Å². The summed E-state index contributed by atoms with van der Waals surface area (Å²) in [6.45, 7) is 3.96. The fourth-order valence-corrected chi connectivity index (χ4v) is 2.52. The lowest BCUT2D eigenvalue weighted by atomic mass is 10.0. The summed E-state index contributed by atoms with van der Waals surface area (Å²) in [7, 11) is 0. The van der Waals surface area contributed by atoms with Crippen LogP contribution in [-0.4, -0.2) is 6.61 Å². The first-order chi connectivity index (χ1) is 10.5. The lowest BCUT2D eigenvalue weighted by Gasteiger charge is -2.27. The lowest BCUT2D eigenvalue weighted by molar-refractivity contribution is -0.228. The van der Waals surface area contributed by atoms with Gasteiger partial charge in [0.2, 0.25) is 0 Å². The monoisotopic (exact) mass is 314 g/mol. The highest BCUT2D eigenvalue weighted by atomic mass is 19.3. The highest BCUT2D eigenvalue weighted by molar-refractivity contribution is 5.60. The Labute approximate surface area is 128 Å². The number of unbranched alkanes of at least 4 members (excludes halogenated alkanes) is 3. The van der Waals surface area contributed by atoms with Crippen molar-refractivity contribution in [2.45, 2.75) is 52.1 Å². The highest BCUT2D eigenvalue weighted by Crippen LogP contribution is 2.43. The molecule has 0 amide bonds. The molecule has 2 rings (SSSR count). The first kappa shape index (κ1) is 16.7. The molecule has 22 heavy (non-hydrogen) atoms. The molecule has 0 radical (unpaired) electrons. The Morgan fingerprint density at radius 1 is 1.14 bits per heavy atom. The molecular formula is C17H21F3O2. The smallest absolute Gasteiger partial charge is 0.430 e. The first-order valence-electron chi connectivity index (χ1n) is 7.72. The molecule has 0 fully saturated rings. The summed E-state index contributed by atoms with van der Waals surface area (Å²) < 4.78 is 52.2. The number of halogens is 3. The summed E-state index contributed by atoms with van der Waals surface area (Å²) in [5.41, 5.74) is -0.585. The zero-order valence-corrected chi connectivity index (χ0v) is 12.9. The van der Waals surface area contributed by atoms with Gasteiger partial charge in [-0.3, -0.25) is 0 Å². The largest absolute Gasteiger partial charge is 0.491 e. The molecule has 0 atom stereocenters. The predicted molar refractivity (Wildman–Crippen MR) is 79.3 cm³/mol. The second kappa shape index (κ2) is 7.07. The number of benzene rings is 1. The molecule has 2 nitrogen and oxygen atoms in total. The van der Waals surface area contributed by atoms with Crippen LogP contribution >= 0.6 is 0 Å². The molecule has 0 bridgehead atoms. The van der Waals surface area contributed by atoms with E-state index in [-0.39, 0.29) is 23.7 Å². The van der Waals surface area contributed by atoms with Crippen molar-refractivity contribution < 1.29 is 22.6 Å². The van der Waals surface area contributed by atoms with Crippen molar-refractivity contribution in [3.63, 3.8) is 0 Å². The Hall–Kier alpha value is -1.65. The predicted octanol–water partition coefficient (Wildman–Crippen LogP) is 5.62. The summed E-state index contributed by atoms with van der Waals surface area (Å²) in [6, 6.07) is 2.83. The Morgan fingerprint density at radius 2 is 1.91 bits per heavy atom. The summed E-state index contributed by atoms with van der Waals surface area (Å²) in [5, 5.41) is 0. The van der Waals surface area contributed by atoms with Gasteiger partial charge in [-0.1, -0.05) is 32.3 Å². The molecule has 0 saturated carbocycles. The first-order valence-corrected chi connectivity index (χ1v) is 7.72. The fraction of sp³-hybridized carbons (Fsp3) is 0.529. The summed E-state index contributed by atoms with van der Waals surface area (Å²) in [5.74, 6) is -1.02. The average Bonchev–Trinajstić information content (AvgIpc) is 2.45. The molecule has 0 aromatic heterocycles. The van der Waals surface area contributed by atoms with Crippen LogP contribution < -0.4 is 4.74 Å². The minimum absolute atomic E-state index is 0.155. The molecule has 1 aromatic rings. The Balaban J connectivity index is 2.25. The van der Waals surface area contributed by atoms with Gasteiger partial charge >= 0.3 is 6.11 Å². The minimum atomic E-state index is -3.67. The van der Waals surface area contributed by atoms with Crippen LogP contribution in [0, 0.1) is 5.82 Å². The van der Waals surface area contributed by atoms with Crippen molar-refractivity contribution in [2.24, 2.45) is 0 Å². The molecule has 1 heterocycles. The van der Waals surface area contributed by atoms with E-state index in [1.165, 1.54) is 18.2 Å². The third-order valence-electron chi connectivity index (χ3n) is 3.58. The second-order valence-corrected chi connectivity index (χ2v) is 5.32. The van der Waals surface area contributed by atoms with Crippen LogP contribution in [0.25, 0.3) is 6.08 Å². The van der Waals surface area contributed by atoms with Gasteiger partial charge in [0, 0.05) is 6.42 Å². The SMILES string of the molecule is CCCCCCC1=Cc2ccc(OCC)c(F)c2C(F)(F)O1.